The molecule has 0 saturated carbocycles. The molecule has 0 aliphatic carbocycles. The monoisotopic (exact) mass is 375 g/mol. The summed E-state index contributed by atoms with van der Waals surface area (Å²) in [6.45, 7) is 2.94. The second kappa shape index (κ2) is 9.28. The van der Waals surface area contributed by atoms with E-state index in [2.05, 4.69) is 41.6 Å². The second-order valence-electron chi connectivity index (χ2n) is 6.13. The van der Waals surface area contributed by atoms with Gasteiger partial charge in [0.25, 0.3) is 0 Å². The van der Waals surface area contributed by atoms with Gasteiger partial charge in [0.1, 0.15) is 5.82 Å². The number of para-hydroxylation sites is 1. The number of likely N-dealkylation sites (N-methyl/N-ethyl adjacent to an activating group) is 1. The topological polar surface area (TPSA) is 60.0 Å². The summed E-state index contributed by atoms with van der Waals surface area (Å²) in [6.07, 6.45) is 1.95. The van der Waals surface area contributed by atoms with Crippen molar-refractivity contribution in [2.75, 3.05) is 39.1 Å². The van der Waals surface area contributed by atoms with E-state index in [9.17, 15) is 4.79 Å². The van der Waals surface area contributed by atoms with Crippen LogP contribution in [-0.2, 0) is 13.0 Å². The summed E-state index contributed by atoms with van der Waals surface area (Å²) in [4.78, 5) is 17.1. The van der Waals surface area contributed by atoms with Crippen molar-refractivity contribution in [3.05, 3.63) is 40.1 Å². The highest BCUT2D eigenvalue weighted by Gasteiger charge is 2.24. The van der Waals surface area contributed by atoms with Crippen LogP contribution in [0.25, 0.3) is 10.9 Å². The van der Waals surface area contributed by atoms with Crippen molar-refractivity contribution in [3.63, 3.8) is 0 Å². The highest BCUT2D eigenvalue weighted by atomic mass is 35.5. The number of hydrogen-bond donors (Lipinski definition) is 0. The lowest BCUT2D eigenvalue weighted by Gasteiger charge is -2.22. The van der Waals surface area contributed by atoms with Gasteiger partial charge in [-0.05, 0) is 45.6 Å². The maximum atomic E-state index is 12.7. The van der Waals surface area contributed by atoms with Crippen LogP contribution in [0.15, 0.2) is 29.1 Å². The summed E-state index contributed by atoms with van der Waals surface area (Å²) >= 11 is 0. The smallest absolute Gasteiger partial charge is 0.194 e. The maximum Gasteiger partial charge on any atom is 0.194 e. The summed E-state index contributed by atoms with van der Waals surface area (Å²) in [5.74, 6) is 1.12. The molecule has 0 radical (unpaired) electrons. The fraction of sp³-hybridized carbons (Fsp3) is 0.471. The Morgan fingerprint density at radius 3 is 2.50 bits per heavy atom. The van der Waals surface area contributed by atoms with Crippen LogP contribution in [0.5, 0.6) is 0 Å². The molecule has 1 aromatic heterocycles. The number of aromatic nitrogens is 1. The largest absolute Gasteiger partial charge is 0.412 e. The molecule has 1 aliphatic heterocycles. The van der Waals surface area contributed by atoms with Crippen LogP contribution in [0, 0.1) is 0 Å². The molecule has 5 nitrogen and oxygen atoms in total. The van der Waals surface area contributed by atoms with Crippen molar-refractivity contribution in [1.82, 2.24) is 9.47 Å². The second-order valence-corrected chi connectivity index (χ2v) is 6.13. The Kier molecular flexibility index (Phi) is 8.78. The van der Waals surface area contributed by atoms with Gasteiger partial charge >= 0.3 is 0 Å². The minimum Gasteiger partial charge on any atom is -0.412 e. The van der Waals surface area contributed by atoms with E-state index in [-0.39, 0.29) is 35.7 Å². The van der Waals surface area contributed by atoms with Crippen molar-refractivity contribution in [2.24, 2.45) is 0 Å². The van der Waals surface area contributed by atoms with E-state index in [1.807, 2.05) is 18.2 Å². The van der Waals surface area contributed by atoms with Gasteiger partial charge in [-0.3, -0.25) is 4.79 Å². The van der Waals surface area contributed by atoms with Gasteiger partial charge < -0.3 is 19.8 Å². The quantitative estimate of drug-likeness (QED) is 0.820. The summed E-state index contributed by atoms with van der Waals surface area (Å²) in [5.41, 5.74) is 2.27. The SMILES string of the molecule is CN(C)CCCn1c2c(c(=O)c3ccccc31)CCN2C.Cl.Cl.O. The van der Waals surface area contributed by atoms with Gasteiger partial charge in [-0.2, -0.15) is 0 Å². The zero-order valence-electron chi connectivity index (χ0n) is 14.4. The van der Waals surface area contributed by atoms with E-state index in [0.29, 0.717) is 0 Å². The normalized spacial score (nSPS) is 12.4. The van der Waals surface area contributed by atoms with Gasteiger partial charge in [-0.25, -0.2) is 0 Å². The Hall–Kier alpha value is -1.27. The zero-order valence-corrected chi connectivity index (χ0v) is 16.0. The summed E-state index contributed by atoms with van der Waals surface area (Å²) < 4.78 is 2.34. The van der Waals surface area contributed by atoms with Gasteiger partial charge in [0, 0.05) is 31.1 Å². The number of anilines is 1. The number of hydrogen-bond acceptors (Lipinski definition) is 3. The molecule has 2 aromatic rings. The van der Waals surface area contributed by atoms with E-state index in [4.69, 9.17) is 0 Å². The minimum atomic E-state index is 0. The summed E-state index contributed by atoms with van der Waals surface area (Å²) in [6, 6.07) is 8.00. The fourth-order valence-electron chi connectivity index (χ4n) is 3.26. The van der Waals surface area contributed by atoms with E-state index in [1.165, 1.54) is 0 Å². The molecule has 2 heterocycles. The molecule has 1 aromatic carbocycles. The van der Waals surface area contributed by atoms with Crippen molar-refractivity contribution in [3.8, 4) is 0 Å². The summed E-state index contributed by atoms with van der Waals surface area (Å²) in [7, 11) is 6.28. The molecule has 2 N–H and O–H groups in total. The maximum absolute atomic E-state index is 12.7. The van der Waals surface area contributed by atoms with Crippen molar-refractivity contribution >= 4 is 41.5 Å². The number of halogens is 2. The Morgan fingerprint density at radius 1 is 1.17 bits per heavy atom. The van der Waals surface area contributed by atoms with E-state index < -0.39 is 0 Å². The molecular weight excluding hydrogens is 349 g/mol. The lowest BCUT2D eigenvalue weighted by molar-refractivity contribution is 0.388. The average molecular weight is 376 g/mol. The predicted octanol–water partition coefficient (Wildman–Crippen LogP) is 1.96. The lowest BCUT2D eigenvalue weighted by Crippen LogP contribution is -2.22. The molecule has 0 unspecified atom stereocenters. The molecule has 0 spiro atoms. The van der Waals surface area contributed by atoms with Crippen LogP contribution < -0.4 is 10.3 Å². The fourth-order valence-corrected chi connectivity index (χ4v) is 3.26. The number of nitrogens with zero attached hydrogens (tertiary/aromatic N) is 3. The molecule has 0 saturated heterocycles. The molecule has 0 atom stereocenters. The van der Waals surface area contributed by atoms with Gasteiger partial charge in [-0.1, -0.05) is 12.1 Å². The highest BCUT2D eigenvalue weighted by molar-refractivity contribution is 5.85. The van der Waals surface area contributed by atoms with Crippen LogP contribution in [0.2, 0.25) is 0 Å². The number of aryl methyl sites for hydroxylation is 1. The third-order valence-electron chi connectivity index (χ3n) is 4.28. The summed E-state index contributed by atoms with van der Waals surface area (Å²) in [5, 5.41) is 0.858. The zero-order chi connectivity index (χ0) is 15.0. The number of rotatable bonds is 4. The highest BCUT2D eigenvalue weighted by Crippen LogP contribution is 2.28. The molecule has 24 heavy (non-hydrogen) atoms. The van der Waals surface area contributed by atoms with E-state index in [1.54, 1.807) is 0 Å². The molecule has 1 aliphatic rings. The Balaban J connectivity index is 0.00000176. The van der Waals surface area contributed by atoms with Crippen LogP contribution in [0.1, 0.15) is 12.0 Å². The molecule has 0 bridgehead atoms. The van der Waals surface area contributed by atoms with Crippen LogP contribution in [0.4, 0.5) is 5.82 Å². The first-order chi connectivity index (χ1) is 10.1. The van der Waals surface area contributed by atoms with Crippen LogP contribution >= 0.6 is 24.8 Å². The molecule has 0 amide bonds. The van der Waals surface area contributed by atoms with Crippen molar-refractivity contribution < 1.29 is 5.48 Å². The molecule has 0 fully saturated rings. The Labute approximate surface area is 155 Å². The molecular formula is C17H27Cl2N3O2. The molecule has 7 heteroatoms. The average Bonchev–Trinajstić information content (AvgIpc) is 2.85. The lowest BCUT2D eigenvalue weighted by atomic mass is 10.1. The number of fused-ring (bicyclic) bond motifs is 2. The molecule has 3 rings (SSSR count). The first-order valence-corrected chi connectivity index (χ1v) is 7.60. The van der Waals surface area contributed by atoms with Crippen LogP contribution in [0.3, 0.4) is 0 Å². The standard InChI is InChI=1S/C17H23N3O.2ClH.H2O/c1-18(2)10-6-11-20-15-8-5-4-7-13(15)16(21)14-9-12-19(3)17(14)20;;;/h4-5,7-8H,6,9-12H2,1-3H3;2*1H;1H2. The first kappa shape index (κ1) is 22.7. The van der Waals surface area contributed by atoms with Gasteiger partial charge in [0.15, 0.2) is 5.43 Å². The van der Waals surface area contributed by atoms with Crippen molar-refractivity contribution in [2.45, 2.75) is 19.4 Å². The third-order valence-corrected chi connectivity index (χ3v) is 4.28. The first-order valence-electron chi connectivity index (χ1n) is 7.60. The predicted molar refractivity (Wildman–Crippen MR) is 106 cm³/mol. The van der Waals surface area contributed by atoms with E-state index >= 15 is 0 Å². The minimum absolute atomic E-state index is 0. The number of pyridine rings is 1. The van der Waals surface area contributed by atoms with Gasteiger partial charge in [0.05, 0.1) is 5.52 Å². The third kappa shape index (κ3) is 4.03. The van der Waals surface area contributed by atoms with Gasteiger partial charge in [-0.15, -0.1) is 24.8 Å². The Morgan fingerprint density at radius 2 is 1.83 bits per heavy atom. The van der Waals surface area contributed by atoms with E-state index in [0.717, 1.165) is 54.8 Å². The number of benzene rings is 1. The van der Waals surface area contributed by atoms with Gasteiger partial charge in [0.2, 0.25) is 0 Å². The molecule has 136 valence electrons. The van der Waals surface area contributed by atoms with Crippen molar-refractivity contribution in [1.29, 1.82) is 0 Å². The Bertz CT molecular complexity index is 732. The van der Waals surface area contributed by atoms with Crippen LogP contribution in [-0.4, -0.2) is 49.2 Å².